The minimum atomic E-state index is -1.47. The second-order valence-electron chi connectivity index (χ2n) is 14.6. The lowest BCUT2D eigenvalue weighted by atomic mass is 9.97. The zero-order valence-corrected chi connectivity index (χ0v) is 31.2. The molecule has 1 heterocycles. The van der Waals surface area contributed by atoms with Crippen LogP contribution < -0.4 is 0 Å². The summed E-state index contributed by atoms with van der Waals surface area (Å²) in [7, 11) is -1.47. The van der Waals surface area contributed by atoms with E-state index in [0.29, 0.717) is 18.3 Å². The summed E-state index contributed by atoms with van der Waals surface area (Å²) in [5.74, 6) is -0.454. The van der Waals surface area contributed by atoms with E-state index >= 15 is 0 Å². The summed E-state index contributed by atoms with van der Waals surface area (Å²) < 4.78 is 38.8. The second kappa shape index (κ2) is 18.8. The summed E-state index contributed by atoms with van der Waals surface area (Å²) in [6, 6.07) is 31.1. The molecule has 0 N–H and O–H groups in total. The van der Waals surface area contributed by atoms with Gasteiger partial charge in [0.1, 0.15) is 18.3 Å². The Kier molecular flexibility index (Phi) is 14.8. The molecule has 0 aliphatic carbocycles. The number of hydrogen-bond donors (Lipinski definition) is 0. The lowest BCUT2D eigenvalue weighted by molar-refractivity contribution is -0.326. The van der Waals surface area contributed by atoms with Gasteiger partial charge in [0.05, 0.1) is 40.6 Å². The standard InChI is InChI=1S/C41H56O7Si/c1-8-35(25-18-26-49(6,7)41(3,4)5)47-40-39(46-31(2)42)38(45-29-34-23-16-11-17-24-34)37(44-28-33-21-14-10-15-22-33)36(48-40)30-43-27-32-19-12-9-13-20-32/h8-17,19-24,35-40H,1,18,25-30H2,2-7H3/t35-,36-,37-,38+,39-,40-/m1/s1. The molecule has 0 aromatic heterocycles. The molecule has 49 heavy (non-hydrogen) atoms. The predicted molar refractivity (Wildman–Crippen MR) is 197 cm³/mol. The van der Waals surface area contributed by atoms with Crippen molar-refractivity contribution in [3.8, 4) is 0 Å². The van der Waals surface area contributed by atoms with Crippen LogP contribution in [0.4, 0.5) is 0 Å². The van der Waals surface area contributed by atoms with Crippen LogP contribution in [0.15, 0.2) is 104 Å². The Bertz CT molecular complexity index is 1390. The van der Waals surface area contributed by atoms with Crippen molar-refractivity contribution in [1.29, 1.82) is 0 Å². The van der Waals surface area contributed by atoms with Crippen LogP contribution in [0, 0.1) is 0 Å². The monoisotopic (exact) mass is 688 g/mol. The van der Waals surface area contributed by atoms with Gasteiger partial charge in [-0.2, -0.15) is 0 Å². The van der Waals surface area contributed by atoms with Crippen LogP contribution in [0.25, 0.3) is 0 Å². The second-order valence-corrected chi connectivity index (χ2v) is 20.3. The first-order valence-corrected chi connectivity index (χ1v) is 20.7. The number of carbonyl (C=O) groups excluding carboxylic acids is 1. The molecule has 4 rings (SSSR count). The molecule has 1 aliphatic heterocycles. The van der Waals surface area contributed by atoms with Crippen molar-refractivity contribution in [3.05, 3.63) is 120 Å². The van der Waals surface area contributed by atoms with Crippen LogP contribution in [-0.4, -0.2) is 57.5 Å². The van der Waals surface area contributed by atoms with E-state index in [9.17, 15) is 4.79 Å². The van der Waals surface area contributed by atoms with Gasteiger partial charge in [0.15, 0.2) is 12.4 Å². The first-order chi connectivity index (χ1) is 23.5. The van der Waals surface area contributed by atoms with Gasteiger partial charge in [-0.05, 0) is 28.1 Å². The predicted octanol–water partition coefficient (Wildman–Crippen LogP) is 8.89. The van der Waals surface area contributed by atoms with E-state index in [-0.39, 0.29) is 19.3 Å². The molecule has 3 aromatic rings. The van der Waals surface area contributed by atoms with Gasteiger partial charge in [-0.1, -0.05) is 143 Å². The van der Waals surface area contributed by atoms with E-state index in [1.807, 2.05) is 97.1 Å². The van der Waals surface area contributed by atoms with Crippen LogP contribution in [0.1, 0.15) is 57.2 Å². The minimum Gasteiger partial charge on any atom is -0.454 e. The van der Waals surface area contributed by atoms with E-state index in [1.165, 1.54) is 6.92 Å². The number of ether oxygens (including phenoxy) is 6. The largest absolute Gasteiger partial charge is 0.454 e. The maximum Gasteiger partial charge on any atom is 0.303 e. The van der Waals surface area contributed by atoms with E-state index < -0.39 is 44.7 Å². The molecule has 1 aliphatic rings. The summed E-state index contributed by atoms with van der Waals surface area (Å²) in [6.45, 7) is 18.6. The van der Waals surface area contributed by atoms with Crippen LogP contribution in [0.2, 0.25) is 24.2 Å². The number of carbonyl (C=O) groups is 1. The average Bonchev–Trinajstić information content (AvgIpc) is 3.08. The van der Waals surface area contributed by atoms with Crippen LogP contribution in [0.5, 0.6) is 0 Å². The first kappa shape index (κ1) is 38.7. The van der Waals surface area contributed by atoms with Crippen molar-refractivity contribution in [2.45, 2.75) is 121 Å². The van der Waals surface area contributed by atoms with Gasteiger partial charge in [-0.3, -0.25) is 4.79 Å². The van der Waals surface area contributed by atoms with E-state index in [2.05, 4.69) is 40.4 Å². The maximum absolute atomic E-state index is 12.6. The quantitative estimate of drug-likeness (QED) is 0.0751. The highest BCUT2D eigenvalue weighted by Crippen LogP contribution is 2.40. The maximum atomic E-state index is 12.6. The van der Waals surface area contributed by atoms with Gasteiger partial charge in [-0.15, -0.1) is 6.58 Å². The molecular formula is C41H56O7Si. The number of hydrogen-bond acceptors (Lipinski definition) is 7. The van der Waals surface area contributed by atoms with Crippen molar-refractivity contribution in [3.63, 3.8) is 0 Å². The average molecular weight is 689 g/mol. The van der Waals surface area contributed by atoms with Crippen LogP contribution in [0.3, 0.4) is 0 Å². The topological polar surface area (TPSA) is 72.5 Å². The van der Waals surface area contributed by atoms with Crippen LogP contribution >= 0.6 is 0 Å². The van der Waals surface area contributed by atoms with Gasteiger partial charge < -0.3 is 28.4 Å². The molecule has 266 valence electrons. The fraction of sp³-hybridized carbons (Fsp3) is 0.488. The summed E-state index contributed by atoms with van der Waals surface area (Å²) in [5, 5.41) is 0.301. The molecule has 7 nitrogen and oxygen atoms in total. The third kappa shape index (κ3) is 12.0. The Labute approximate surface area is 294 Å². The van der Waals surface area contributed by atoms with Crippen molar-refractivity contribution < 1.29 is 33.2 Å². The highest BCUT2D eigenvalue weighted by molar-refractivity contribution is 6.80. The van der Waals surface area contributed by atoms with Crippen molar-refractivity contribution in [2.24, 2.45) is 0 Å². The number of esters is 1. The number of rotatable bonds is 18. The SMILES string of the molecule is C=C[C@H](CCC[Si](C)(C)C(C)(C)C)O[C@@H]1O[C@H](COCc2ccccc2)[C@@H](OCc2ccccc2)[C@H](OCc2ccccc2)[C@H]1OC(C)=O. The molecule has 1 fully saturated rings. The number of benzene rings is 3. The lowest BCUT2D eigenvalue weighted by Crippen LogP contribution is -2.62. The van der Waals surface area contributed by atoms with E-state index in [0.717, 1.165) is 35.6 Å². The Hall–Kier alpha value is -3.11. The molecule has 0 spiro atoms. The highest BCUT2D eigenvalue weighted by Gasteiger charge is 2.50. The Morgan fingerprint density at radius 1 is 0.816 bits per heavy atom. The smallest absolute Gasteiger partial charge is 0.303 e. The molecule has 1 saturated heterocycles. The summed E-state index contributed by atoms with van der Waals surface area (Å²) in [6.07, 6.45) is -0.465. The third-order valence-corrected chi connectivity index (χ3v) is 15.4. The first-order valence-electron chi connectivity index (χ1n) is 17.5. The molecular weight excluding hydrogens is 633 g/mol. The third-order valence-electron chi connectivity index (χ3n) is 9.75. The summed E-state index contributed by atoms with van der Waals surface area (Å²) in [5.41, 5.74) is 3.04. The molecule has 3 aromatic carbocycles. The molecule has 0 radical (unpaired) electrons. The van der Waals surface area contributed by atoms with Gasteiger partial charge in [-0.25, -0.2) is 0 Å². The molecule has 8 heteroatoms. The Balaban J connectivity index is 1.61. The fourth-order valence-electron chi connectivity index (χ4n) is 5.76. The fourth-order valence-corrected chi connectivity index (χ4v) is 7.60. The van der Waals surface area contributed by atoms with Crippen molar-refractivity contribution in [2.75, 3.05) is 6.61 Å². The lowest BCUT2D eigenvalue weighted by Gasteiger charge is -2.46. The Morgan fingerprint density at radius 2 is 1.33 bits per heavy atom. The van der Waals surface area contributed by atoms with Gasteiger partial charge in [0, 0.05) is 6.92 Å². The zero-order valence-electron chi connectivity index (χ0n) is 30.2. The molecule has 0 unspecified atom stereocenters. The van der Waals surface area contributed by atoms with E-state index in [4.69, 9.17) is 28.4 Å². The minimum absolute atomic E-state index is 0.219. The highest BCUT2D eigenvalue weighted by atomic mass is 28.3. The molecule has 0 saturated carbocycles. The zero-order chi connectivity index (χ0) is 35.3. The van der Waals surface area contributed by atoms with Gasteiger partial charge >= 0.3 is 5.97 Å². The van der Waals surface area contributed by atoms with Crippen molar-refractivity contribution >= 4 is 14.0 Å². The van der Waals surface area contributed by atoms with Crippen molar-refractivity contribution in [1.82, 2.24) is 0 Å². The van der Waals surface area contributed by atoms with Crippen LogP contribution in [-0.2, 0) is 53.0 Å². The van der Waals surface area contributed by atoms with Gasteiger partial charge in [0.2, 0.25) is 0 Å². The normalized spacial score (nSPS) is 22.0. The Morgan fingerprint density at radius 3 is 1.82 bits per heavy atom. The molecule has 0 amide bonds. The van der Waals surface area contributed by atoms with E-state index in [1.54, 1.807) is 0 Å². The molecule has 6 atom stereocenters. The summed E-state index contributed by atoms with van der Waals surface area (Å²) in [4.78, 5) is 12.6. The molecule has 0 bridgehead atoms. The summed E-state index contributed by atoms with van der Waals surface area (Å²) >= 11 is 0. The van der Waals surface area contributed by atoms with Gasteiger partial charge in [0.25, 0.3) is 0 Å².